The van der Waals surface area contributed by atoms with Crippen molar-refractivity contribution in [3.05, 3.63) is 57.6 Å². The number of para-hydroxylation sites is 1. The first-order chi connectivity index (χ1) is 12.7. The molecule has 4 rings (SSSR count). The molecule has 2 aromatic heterocycles. The van der Waals surface area contributed by atoms with E-state index >= 15 is 0 Å². The van der Waals surface area contributed by atoms with E-state index in [2.05, 4.69) is 20.9 Å². The average molecular weight is 416 g/mol. The minimum Gasteiger partial charge on any atom is -0.381 e. The van der Waals surface area contributed by atoms with Gasteiger partial charge in [0.1, 0.15) is 0 Å². The molecule has 0 unspecified atom stereocenters. The molecule has 0 aliphatic heterocycles. The van der Waals surface area contributed by atoms with E-state index in [-0.39, 0.29) is 5.69 Å². The number of nitrogens with zero attached hydrogens (tertiary/aromatic N) is 3. The van der Waals surface area contributed by atoms with Crippen LogP contribution in [0, 0.1) is 5.92 Å². The Bertz CT molecular complexity index is 956. The summed E-state index contributed by atoms with van der Waals surface area (Å²) in [5.41, 5.74) is 2.40. The number of rotatable bonds is 4. The summed E-state index contributed by atoms with van der Waals surface area (Å²) >= 11 is 3.50. The van der Waals surface area contributed by atoms with Crippen molar-refractivity contribution in [2.75, 3.05) is 7.11 Å². The number of hydrogen-bond donors (Lipinski definition) is 0. The summed E-state index contributed by atoms with van der Waals surface area (Å²) in [4.78, 5) is 17.8. The van der Waals surface area contributed by atoms with Gasteiger partial charge in [0.2, 0.25) is 0 Å². The largest absolute Gasteiger partial charge is 0.381 e. The molecule has 3 aromatic rings. The average Bonchev–Trinajstić information content (AvgIpc) is 2.94. The third kappa shape index (κ3) is 3.23. The molecule has 0 N–H and O–H groups in total. The minimum absolute atomic E-state index is 0.0225. The first kappa shape index (κ1) is 17.5. The highest BCUT2D eigenvalue weighted by molar-refractivity contribution is 9.10. The topological polar surface area (TPSA) is 49.0 Å². The highest BCUT2D eigenvalue weighted by atomic mass is 79.9. The van der Waals surface area contributed by atoms with E-state index in [4.69, 9.17) is 4.74 Å². The molecular formula is C20H22BrN3O2. The summed E-state index contributed by atoms with van der Waals surface area (Å²) in [6.45, 7) is 0.726. The van der Waals surface area contributed by atoms with Crippen LogP contribution in [0.1, 0.15) is 25.7 Å². The second-order valence-corrected chi connectivity index (χ2v) is 7.85. The van der Waals surface area contributed by atoms with Crippen molar-refractivity contribution in [2.45, 2.75) is 38.3 Å². The van der Waals surface area contributed by atoms with Gasteiger partial charge >= 0.3 is 5.69 Å². The summed E-state index contributed by atoms with van der Waals surface area (Å²) in [7, 11) is 1.78. The predicted molar refractivity (Wildman–Crippen MR) is 106 cm³/mol. The van der Waals surface area contributed by atoms with Crippen molar-refractivity contribution in [1.29, 1.82) is 0 Å². The zero-order valence-corrected chi connectivity index (χ0v) is 16.4. The number of aromatic nitrogens is 3. The summed E-state index contributed by atoms with van der Waals surface area (Å²) in [5.74, 6) is 0.493. The zero-order chi connectivity index (χ0) is 18.1. The van der Waals surface area contributed by atoms with Crippen LogP contribution in [0.2, 0.25) is 0 Å². The number of fused-ring (bicyclic) bond motifs is 1. The lowest BCUT2D eigenvalue weighted by Gasteiger charge is -2.27. The van der Waals surface area contributed by atoms with Gasteiger partial charge < -0.3 is 4.74 Å². The Hall–Kier alpha value is -1.92. The third-order valence-electron chi connectivity index (χ3n) is 5.32. The number of halogens is 1. The normalized spacial score (nSPS) is 20.5. The molecule has 1 fully saturated rings. The Kier molecular flexibility index (Phi) is 4.96. The maximum absolute atomic E-state index is 13.2. The van der Waals surface area contributed by atoms with Gasteiger partial charge in [-0.1, -0.05) is 18.2 Å². The fourth-order valence-corrected chi connectivity index (χ4v) is 4.22. The Morgan fingerprint density at radius 2 is 1.92 bits per heavy atom. The molecule has 0 radical (unpaired) electrons. The summed E-state index contributed by atoms with van der Waals surface area (Å²) in [6, 6.07) is 11.7. The van der Waals surface area contributed by atoms with Gasteiger partial charge in [0, 0.05) is 24.3 Å². The van der Waals surface area contributed by atoms with Crippen LogP contribution in [0.15, 0.2) is 51.9 Å². The Labute approximate surface area is 160 Å². The molecule has 5 nitrogen and oxygen atoms in total. The lowest BCUT2D eigenvalue weighted by molar-refractivity contribution is 0.0542. The number of ether oxygens (including phenoxy) is 1. The second kappa shape index (κ2) is 7.37. The Morgan fingerprint density at radius 3 is 2.62 bits per heavy atom. The van der Waals surface area contributed by atoms with Crippen molar-refractivity contribution in [2.24, 2.45) is 5.92 Å². The molecule has 2 heterocycles. The van der Waals surface area contributed by atoms with E-state index < -0.39 is 0 Å². The molecule has 0 saturated heterocycles. The minimum atomic E-state index is -0.0225. The van der Waals surface area contributed by atoms with E-state index in [1.54, 1.807) is 17.9 Å². The lowest BCUT2D eigenvalue weighted by atomic mass is 9.87. The smallest absolute Gasteiger partial charge is 0.334 e. The molecule has 26 heavy (non-hydrogen) atoms. The van der Waals surface area contributed by atoms with E-state index in [1.165, 1.54) is 0 Å². The fraction of sp³-hybridized carbons (Fsp3) is 0.400. The predicted octanol–water partition coefficient (Wildman–Crippen LogP) is 4.15. The molecule has 0 spiro atoms. The molecule has 1 aliphatic rings. The Balaban J connectivity index is 1.76. The van der Waals surface area contributed by atoms with Crippen molar-refractivity contribution < 1.29 is 4.74 Å². The van der Waals surface area contributed by atoms with Gasteiger partial charge in [-0.05, 0) is 65.7 Å². The number of hydrogen-bond acceptors (Lipinski definition) is 3. The van der Waals surface area contributed by atoms with Crippen LogP contribution in [0.25, 0.3) is 16.9 Å². The van der Waals surface area contributed by atoms with Gasteiger partial charge in [-0.2, -0.15) is 0 Å². The van der Waals surface area contributed by atoms with Crippen LogP contribution in [0.5, 0.6) is 0 Å². The molecule has 6 heteroatoms. The molecule has 1 saturated carbocycles. The fourth-order valence-electron chi connectivity index (χ4n) is 3.90. The van der Waals surface area contributed by atoms with Crippen LogP contribution in [0.4, 0.5) is 0 Å². The van der Waals surface area contributed by atoms with Crippen molar-refractivity contribution in [1.82, 2.24) is 14.1 Å². The van der Waals surface area contributed by atoms with E-state index in [1.807, 2.05) is 41.0 Å². The maximum atomic E-state index is 13.2. The summed E-state index contributed by atoms with van der Waals surface area (Å²) in [6.07, 6.45) is 6.42. The van der Waals surface area contributed by atoms with E-state index in [0.29, 0.717) is 17.7 Å². The monoisotopic (exact) mass is 415 g/mol. The molecule has 0 bridgehead atoms. The van der Waals surface area contributed by atoms with Crippen LogP contribution in [0.3, 0.4) is 0 Å². The highest BCUT2D eigenvalue weighted by Crippen LogP contribution is 2.28. The summed E-state index contributed by atoms with van der Waals surface area (Å²) < 4.78 is 9.95. The first-order valence-electron chi connectivity index (χ1n) is 9.02. The highest BCUT2D eigenvalue weighted by Gasteiger charge is 2.24. The van der Waals surface area contributed by atoms with Crippen LogP contribution < -0.4 is 5.69 Å². The standard InChI is InChI=1S/C20H22BrN3O2/c1-26-17-9-7-14(8-10-17)13-23-18-11-15(21)12-22-19(18)24(20(23)25)16-5-3-2-4-6-16/h2-6,11-12,14,17H,7-10,13H2,1H3. The van der Waals surface area contributed by atoms with Crippen LogP contribution in [-0.4, -0.2) is 27.3 Å². The van der Waals surface area contributed by atoms with Gasteiger partial charge in [-0.3, -0.25) is 4.57 Å². The maximum Gasteiger partial charge on any atom is 0.334 e. The number of pyridine rings is 1. The lowest BCUT2D eigenvalue weighted by Crippen LogP contribution is -2.29. The molecule has 0 amide bonds. The molecule has 0 atom stereocenters. The number of benzene rings is 1. The first-order valence-corrected chi connectivity index (χ1v) is 9.81. The van der Waals surface area contributed by atoms with Gasteiger partial charge in [0.15, 0.2) is 5.65 Å². The van der Waals surface area contributed by atoms with Crippen molar-refractivity contribution in [3.63, 3.8) is 0 Å². The van der Waals surface area contributed by atoms with E-state index in [9.17, 15) is 4.79 Å². The second-order valence-electron chi connectivity index (χ2n) is 6.94. The molecule has 1 aliphatic carbocycles. The molecule has 136 valence electrons. The molecule has 1 aromatic carbocycles. The zero-order valence-electron chi connectivity index (χ0n) is 14.8. The van der Waals surface area contributed by atoms with Gasteiger partial charge in [-0.15, -0.1) is 0 Å². The number of methoxy groups -OCH3 is 1. The quantitative estimate of drug-likeness (QED) is 0.642. The van der Waals surface area contributed by atoms with Gasteiger partial charge in [0.25, 0.3) is 0 Å². The van der Waals surface area contributed by atoms with Crippen LogP contribution in [-0.2, 0) is 11.3 Å². The van der Waals surface area contributed by atoms with Crippen molar-refractivity contribution in [3.8, 4) is 5.69 Å². The molecular weight excluding hydrogens is 394 g/mol. The van der Waals surface area contributed by atoms with Crippen molar-refractivity contribution >= 4 is 27.1 Å². The third-order valence-corrected chi connectivity index (χ3v) is 5.75. The van der Waals surface area contributed by atoms with Crippen LogP contribution >= 0.6 is 15.9 Å². The van der Waals surface area contributed by atoms with E-state index in [0.717, 1.165) is 47.9 Å². The Morgan fingerprint density at radius 1 is 1.19 bits per heavy atom. The SMILES string of the molecule is COC1CCC(Cn2c(=O)n(-c3ccccc3)c3ncc(Br)cc32)CC1. The van der Waals surface area contributed by atoms with Gasteiger partial charge in [0.05, 0.1) is 17.3 Å². The number of imidazole rings is 1. The van der Waals surface area contributed by atoms with Gasteiger partial charge in [-0.25, -0.2) is 14.3 Å². The summed E-state index contributed by atoms with van der Waals surface area (Å²) in [5, 5.41) is 0.